The van der Waals surface area contributed by atoms with Gasteiger partial charge in [0, 0.05) is 0 Å². The van der Waals surface area contributed by atoms with Gasteiger partial charge in [0.15, 0.2) is 5.78 Å². The van der Waals surface area contributed by atoms with Crippen LogP contribution in [-0.4, -0.2) is 25.2 Å². The summed E-state index contributed by atoms with van der Waals surface area (Å²) in [5.41, 5.74) is 0. The van der Waals surface area contributed by atoms with Crippen LogP contribution in [0, 0.1) is 0 Å². The summed E-state index contributed by atoms with van der Waals surface area (Å²) in [5, 5.41) is 2.67. The van der Waals surface area contributed by atoms with Crippen molar-refractivity contribution in [2.24, 2.45) is 0 Å². The van der Waals surface area contributed by atoms with Crippen molar-refractivity contribution in [3.63, 3.8) is 0 Å². The molecule has 0 aromatic heterocycles. The van der Waals surface area contributed by atoms with Gasteiger partial charge in [0.25, 0.3) is 0 Å². The highest BCUT2D eigenvalue weighted by Crippen LogP contribution is 1.81. The van der Waals surface area contributed by atoms with Crippen LogP contribution in [0.5, 0.6) is 0 Å². The van der Waals surface area contributed by atoms with Crippen LogP contribution in [0.4, 0.5) is 0 Å². The zero-order valence-corrected chi connectivity index (χ0v) is 5.73. The third kappa shape index (κ3) is 5.17. The van der Waals surface area contributed by atoms with E-state index in [1.807, 2.05) is 0 Å². The molecule has 0 unspecified atom stereocenters. The first-order chi connectivity index (χ1) is 4.16. The van der Waals surface area contributed by atoms with Crippen molar-refractivity contribution >= 4 is 11.6 Å². The lowest BCUT2D eigenvalue weighted by Crippen LogP contribution is -2.20. The lowest BCUT2D eigenvalue weighted by atomic mass is 10.2. The summed E-state index contributed by atoms with van der Waals surface area (Å²) in [7, 11) is 1.68. The molecule has 0 radical (unpaired) electrons. The van der Waals surface area contributed by atoms with Crippen molar-refractivity contribution in [2.75, 3.05) is 13.6 Å². The average molecular weight is 129 g/mol. The number of carbonyl (C=O) groups is 2. The number of hydrogen-bond donors (Lipinski definition) is 1. The van der Waals surface area contributed by atoms with E-state index >= 15 is 0 Å². The molecule has 0 fully saturated rings. The number of carbonyl (C=O) groups excluding carboxylic acids is 2. The van der Waals surface area contributed by atoms with E-state index in [0.29, 0.717) is 6.54 Å². The van der Waals surface area contributed by atoms with Gasteiger partial charge >= 0.3 is 0 Å². The van der Waals surface area contributed by atoms with Gasteiger partial charge in [-0.05, 0) is 14.0 Å². The van der Waals surface area contributed by atoms with Crippen LogP contribution in [0.1, 0.15) is 13.3 Å². The predicted octanol–water partition coefficient (Wildman–Crippen LogP) is -0.246. The van der Waals surface area contributed by atoms with E-state index in [1.54, 1.807) is 7.05 Å². The van der Waals surface area contributed by atoms with Crippen molar-refractivity contribution in [1.82, 2.24) is 5.32 Å². The van der Waals surface area contributed by atoms with Gasteiger partial charge in [-0.3, -0.25) is 9.59 Å². The molecule has 0 amide bonds. The molecule has 52 valence electrons. The zero-order valence-electron chi connectivity index (χ0n) is 5.73. The summed E-state index contributed by atoms with van der Waals surface area (Å²) in [6, 6.07) is 0. The van der Waals surface area contributed by atoms with Crippen molar-refractivity contribution < 1.29 is 9.59 Å². The molecule has 0 heterocycles. The Bertz CT molecular complexity index is 120. The number of ketones is 2. The van der Waals surface area contributed by atoms with Crippen molar-refractivity contribution in [3.05, 3.63) is 0 Å². The minimum absolute atomic E-state index is 0.0509. The molecule has 0 spiro atoms. The first kappa shape index (κ1) is 8.30. The summed E-state index contributed by atoms with van der Waals surface area (Å²) < 4.78 is 0. The van der Waals surface area contributed by atoms with Gasteiger partial charge in [-0.15, -0.1) is 0 Å². The second kappa shape index (κ2) is 4.21. The Morgan fingerprint density at radius 3 is 2.33 bits per heavy atom. The Balaban J connectivity index is 3.39. The van der Waals surface area contributed by atoms with Crippen LogP contribution in [0.25, 0.3) is 0 Å². The SMILES string of the molecule is CNCC(=O)CC(C)=O. The zero-order chi connectivity index (χ0) is 7.28. The monoisotopic (exact) mass is 129 g/mol. The van der Waals surface area contributed by atoms with Gasteiger partial charge in [-0.25, -0.2) is 0 Å². The fourth-order valence-corrected chi connectivity index (χ4v) is 0.537. The number of hydrogen-bond acceptors (Lipinski definition) is 3. The number of nitrogens with one attached hydrogen (secondary N) is 1. The molecule has 0 atom stereocenters. The Morgan fingerprint density at radius 2 is 2.00 bits per heavy atom. The third-order valence-corrected chi connectivity index (χ3v) is 0.820. The summed E-state index contributed by atoms with van der Waals surface area (Å²) in [6.07, 6.45) is 0.0564. The molecular weight excluding hydrogens is 118 g/mol. The van der Waals surface area contributed by atoms with E-state index in [4.69, 9.17) is 0 Å². The normalized spacial score (nSPS) is 9.11. The summed E-state index contributed by atoms with van der Waals surface area (Å²) in [5.74, 6) is -0.125. The first-order valence-corrected chi connectivity index (χ1v) is 2.82. The molecule has 0 aliphatic heterocycles. The average Bonchev–Trinajstić information content (AvgIpc) is 1.63. The summed E-state index contributed by atoms with van der Waals surface area (Å²) in [6.45, 7) is 1.70. The van der Waals surface area contributed by atoms with Crippen molar-refractivity contribution in [1.29, 1.82) is 0 Å². The Hall–Kier alpha value is -0.700. The molecule has 3 heteroatoms. The van der Waals surface area contributed by atoms with Gasteiger partial charge < -0.3 is 5.32 Å². The van der Waals surface area contributed by atoms with Crippen LogP contribution in [-0.2, 0) is 9.59 Å². The van der Waals surface area contributed by atoms with E-state index < -0.39 is 0 Å². The summed E-state index contributed by atoms with van der Waals surface area (Å²) in [4.78, 5) is 20.9. The molecule has 0 aliphatic rings. The van der Waals surface area contributed by atoms with Gasteiger partial charge in [0.1, 0.15) is 5.78 Å². The molecule has 3 nitrogen and oxygen atoms in total. The fourth-order valence-electron chi connectivity index (χ4n) is 0.537. The molecule has 9 heavy (non-hydrogen) atoms. The quantitative estimate of drug-likeness (QED) is 0.532. The lowest BCUT2D eigenvalue weighted by Gasteiger charge is -1.93. The van der Waals surface area contributed by atoms with Crippen LogP contribution >= 0.6 is 0 Å². The molecule has 0 saturated carbocycles. The predicted molar refractivity (Wildman–Crippen MR) is 34.2 cm³/mol. The molecule has 0 rings (SSSR count). The molecule has 0 saturated heterocycles. The first-order valence-electron chi connectivity index (χ1n) is 2.82. The maximum Gasteiger partial charge on any atom is 0.153 e. The molecular formula is C6H11NO2. The van der Waals surface area contributed by atoms with Crippen LogP contribution in [0.2, 0.25) is 0 Å². The van der Waals surface area contributed by atoms with E-state index in [2.05, 4.69) is 5.32 Å². The van der Waals surface area contributed by atoms with Gasteiger partial charge in [0.05, 0.1) is 13.0 Å². The topological polar surface area (TPSA) is 46.2 Å². The minimum Gasteiger partial charge on any atom is -0.313 e. The van der Waals surface area contributed by atoms with Crippen molar-refractivity contribution in [2.45, 2.75) is 13.3 Å². The number of likely N-dealkylation sites (N-methyl/N-ethyl adjacent to an activating group) is 1. The Kier molecular flexibility index (Phi) is 3.88. The van der Waals surface area contributed by atoms with Gasteiger partial charge in [-0.1, -0.05) is 0 Å². The Morgan fingerprint density at radius 1 is 1.44 bits per heavy atom. The number of Topliss-reactive ketones (excluding diaryl/α,β-unsaturated/α-hetero) is 2. The molecule has 0 aromatic rings. The third-order valence-electron chi connectivity index (χ3n) is 0.820. The molecule has 0 aliphatic carbocycles. The standard InChI is InChI=1S/C6H11NO2/c1-5(8)3-6(9)4-7-2/h7H,3-4H2,1-2H3. The second-order valence-electron chi connectivity index (χ2n) is 1.95. The highest BCUT2D eigenvalue weighted by molar-refractivity contribution is 5.98. The van der Waals surface area contributed by atoms with Crippen molar-refractivity contribution in [3.8, 4) is 0 Å². The van der Waals surface area contributed by atoms with Crippen LogP contribution in [0.15, 0.2) is 0 Å². The molecule has 0 aromatic carbocycles. The smallest absolute Gasteiger partial charge is 0.153 e. The van der Waals surface area contributed by atoms with Crippen LogP contribution < -0.4 is 5.32 Å². The molecule has 0 bridgehead atoms. The summed E-state index contributed by atoms with van der Waals surface area (Å²) >= 11 is 0. The second-order valence-corrected chi connectivity index (χ2v) is 1.95. The Labute approximate surface area is 54.4 Å². The van der Waals surface area contributed by atoms with Crippen LogP contribution in [0.3, 0.4) is 0 Å². The number of rotatable bonds is 4. The van der Waals surface area contributed by atoms with Gasteiger partial charge in [-0.2, -0.15) is 0 Å². The maximum absolute atomic E-state index is 10.6. The highest BCUT2D eigenvalue weighted by atomic mass is 16.1. The van der Waals surface area contributed by atoms with E-state index in [1.165, 1.54) is 6.92 Å². The maximum atomic E-state index is 10.6. The van der Waals surface area contributed by atoms with E-state index in [-0.39, 0.29) is 18.0 Å². The van der Waals surface area contributed by atoms with E-state index in [0.717, 1.165) is 0 Å². The highest BCUT2D eigenvalue weighted by Gasteiger charge is 2.01. The fraction of sp³-hybridized carbons (Fsp3) is 0.667. The molecule has 1 N–H and O–H groups in total. The lowest BCUT2D eigenvalue weighted by molar-refractivity contribution is -0.125. The largest absolute Gasteiger partial charge is 0.313 e. The minimum atomic E-state index is -0.0738. The van der Waals surface area contributed by atoms with E-state index in [9.17, 15) is 9.59 Å². The van der Waals surface area contributed by atoms with Gasteiger partial charge in [0.2, 0.25) is 0 Å².